The minimum absolute atomic E-state index is 0.281. The van der Waals surface area contributed by atoms with Gasteiger partial charge in [-0.1, -0.05) is 5.16 Å². The summed E-state index contributed by atoms with van der Waals surface area (Å²) < 4.78 is 18.3. The van der Waals surface area contributed by atoms with Crippen LogP contribution in [0.2, 0.25) is 0 Å². The molecular formula is C13H10FN3OS. The van der Waals surface area contributed by atoms with Gasteiger partial charge in [0.15, 0.2) is 0 Å². The third-order valence-corrected chi connectivity index (χ3v) is 3.60. The Labute approximate surface area is 112 Å². The molecule has 3 rings (SSSR count). The first-order chi connectivity index (χ1) is 9.13. The molecule has 0 bridgehead atoms. The second-order valence-electron chi connectivity index (χ2n) is 4.08. The van der Waals surface area contributed by atoms with Gasteiger partial charge in [0.2, 0.25) is 5.82 Å². The zero-order chi connectivity index (χ0) is 13.4. The van der Waals surface area contributed by atoms with E-state index in [1.807, 2.05) is 6.07 Å². The van der Waals surface area contributed by atoms with E-state index < -0.39 is 0 Å². The largest absolute Gasteiger partial charge is 0.391 e. The van der Waals surface area contributed by atoms with Gasteiger partial charge in [-0.05, 0) is 42.8 Å². The van der Waals surface area contributed by atoms with Crippen molar-refractivity contribution in [3.8, 4) is 22.2 Å². The van der Waals surface area contributed by atoms with Gasteiger partial charge in [0.25, 0.3) is 5.89 Å². The van der Waals surface area contributed by atoms with E-state index >= 15 is 0 Å². The fourth-order valence-corrected chi connectivity index (χ4v) is 2.48. The molecule has 2 N–H and O–H groups in total. The average Bonchev–Trinajstić information content (AvgIpc) is 2.97. The normalized spacial score (nSPS) is 10.8. The predicted molar refractivity (Wildman–Crippen MR) is 72.2 cm³/mol. The molecule has 0 radical (unpaired) electrons. The lowest BCUT2D eigenvalue weighted by molar-refractivity contribution is 0.433. The summed E-state index contributed by atoms with van der Waals surface area (Å²) >= 11 is 1.38. The number of benzene rings is 1. The van der Waals surface area contributed by atoms with Crippen molar-refractivity contribution in [1.29, 1.82) is 0 Å². The van der Waals surface area contributed by atoms with E-state index in [1.54, 1.807) is 19.1 Å². The number of anilines is 1. The van der Waals surface area contributed by atoms with E-state index in [9.17, 15) is 4.39 Å². The molecule has 0 fully saturated rings. The van der Waals surface area contributed by atoms with Crippen LogP contribution in [0.3, 0.4) is 0 Å². The first-order valence-corrected chi connectivity index (χ1v) is 6.41. The monoisotopic (exact) mass is 275 g/mol. The van der Waals surface area contributed by atoms with E-state index in [0.29, 0.717) is 16.7 Å². The van der Waals surface area contributed by atoms with Crippen LogP contribution in [0.15, 0.2) is 34.9 Å². The molecule has 3 aromatic rings. The maximum Gasteiger partial charge on any atom is 0.268 e. The Morgan fingerprint density at radius 3 is 2.79 bits per heavy atom. The van der Waals surface area contributed by atoms with Crippen LogP contribution < -0.4 is 5.73 Å². The van der Waals surface area contributed by atoms with Crippen LogP contribution in [0.4, 0.5) is 9.39 Å². The topological polar surface area (TPSA) is 64.9 Å². The molecular weight excluding hydrogens is 265 g/mol. The lowest BCUT2D eigenvalue weighted by Gasteiger charge is -1.99. The molecule has 0 unspecified atom stereocenters. The molecule has 1 aromatic carbocycles. The molecule has 0 aliphatic carbocycles. The quantitative estimate of drug-likeness (QED) is 0.777. The molecule has 0 atom stereocenters. The number of thiophene rings is 1. The van der Waals surface area contributed by atoms with Gasteiger partial charge in [0, 0.05) is 5.56 Å². The predicted octanol–water partition coefficient (Wildman–Crippen LogP) is 3.49. The Bertz CT molecular complexity index is 735. The van der Waals surface area contributed by atoms with Gasteiger partial charge in [-0.25, -0.2) is 4.39 Å². The number of nitrogens with two attached hydrogens (primary N) is 1. The Morgan fingerprint density at radius 1 is 1.26 bits per heavy atom. The summed E-state index contributed by atoms with van der Waals surface area (Å²) in [5.41, 5.74) is 7.17. The fourth-order valence-electron chi connectivity index (χ4n) is 1.78. The molecule has 0 aliphatic rings. The van der Waals surface area contributed by atoms with Crippen LogP contribution in [0, 0.1) is 12.7 Å². The van der Waals surface area contributed by atoms with Gasteiger partial charge in [0.1, 0.15) is 5.82 Å². The molecule has 96 valence electrons. The summed E-state index contributed by atoms with van der Waals surface area (Å²) in [7, 11) is 0. The highest BCUT2D eigenvalue weighted by Gasteiger charge is 2.14. The van der Waals surface area contributed by atoms with Gasteiger partial charge in [-0.3, -0.25) is 0 Å². The number of aryl methyl sites for hydroxylation is 1. The second-order valence-corrected chi connectivity index (χ2v) is 5.20. The molecule has 2 heterocycles. The van der Waals surface area contributed by atoms with Crippen molar-refractivity contribution in [2.24, 2.45) is 0 Å². The number of hydrogen-bond acceptors (Lipinski definition) is 5. The van der Waals surface area contributed by atoms with Gasteiger partial charge >= 0.3 is 0 Å². The van der Waals surface area contributed by atoms with Crippen molar-refractivity contribution in [1.82, 2.24) is 10.1 Å². The lowest BCUT2D eigenvalue weighted by Crippen LogP contribution is -1.87. The molecule has 0 saturated heterocycles. The van der Waals surface area contributed by atoms with Gasteiger partial charge in [-0.15, -0.1) is 11.3 Å². The molecule has 0 saturated carbocycles. The zero-order valence-corrected chi connectivity index (χ0v) is 10.9. The van der Waals surface area contributed by atoms with Crippen LogP contribution in [-0.2, 0) is 0 Å². The van der Waals surface area contributed by atoms with Crippen molar-refractivity contribution >= 4 is 16.3 Å². The highest BCUT2D eigenvalue weighted by atomic mass is 32.1. The Balaban J connectivity index is 2.01. The van der Waals surface area contributed by atoms with Gasteiger partial charge < -0.3 is 10.3 Å². The number of halogens is 1. The molecule has 0 aliphatic heterocycles. The van der Waals surface area contributed by atoms with Crippen molar-refractivity contribution in [2.45, 2.75) is 6.92 Å². The van der Waals surface area contributed by atoms with Crippen molar-refractivity contribution < 1.29 is 8.91 Å². The molecule has 0 spiro atoms. The zero-order valence-electron chi connectivity index (χ0n) is 10.1. The SMILES string of the molecule is Cc1cc(F)ccc1-c1noc(-c2ccc(N)s2)n1. The van der Waals surface area contributed by atoms with Crippen molar-refractivity contribution in [3.05, 3.63) is 41.7 Å². The first-order valence-electron chi connectivity index (χ1n) is 5.59. The minimum Gasteiger partial charge on any atom is -0.391 e. The number of aromatic nitrogens is 2. The fraction of sp³-hybridized carbons (Fsp3) is 0.0769. The highest BCUT2D eigenvalue weighted by molar-refractivity contribution is 7.19. The third-order valence-electron chi connectivity index (χ3n) is 2.69. The first kappa shape index (κ1) is 11.9. The summed E-state index contributed by atoms with van der Waals surface area (Å²) in [6, 6.07) is 8.07. The van der Waals surface area contributed by atoms with Crippen LogP contribution in [-0.4, -0.2) is 10.1 Å². The lowest BCUT2D eigenvalue weighted by atomic mass is 10.1. The second kappa shape index (κ2) is 4.47. The third kappa shape index (κ3) is 2.22. The minimum atomic E-state index is -0.281. The van der Waals surface area contributed by atoms with Crippen LogP contribution in [0.25, 0.3) is 22.2 Å². The maximum absolute atomic E-state index is 13.1. The summed E-state index contributed by atoms with van der Waals surface area (Å²) in [6.45, 7) is 1.80. The molecule has 6 heteroatoms. The van der Waals surface area contributed by atoms with E-state index in [-0.39, 0.29) is 5.82 Å². The number of rotatable bonds is 2. The summed E-state index contributed by atoms with van der Waals surface area (Å²) in [5.74, 6) is 0.580. The average molecular weight is 275 g/mol. The van der Waals surface area contributed by atoms with E-state index in [1.165, 1.54) is 23.5 Å². The van der Waals surface area contributed by atoms with Gasteiger partial charge in [-0.2, -0.15) is 4.98 Å². The molecule has 19 heavy (non-hydrogen) atoms. The number of nitrogen functional groups attached to an aromatic ring is 1. The Hall–Kier alpha value is -2.21. The van der Waals surface area contributed by atoms with E-state index in [0.717, 1.165) is 16.0 Å². The summed E-state index contributed by atoms with van der Waals surface area (Å²) in [6.07, 6.45) is 0. The molecule has 2 aromatic heterocycles. The Kier molecular flexibility index (Phi) is 2.79. The summed E-state index contributed by atoms with van der Waals surface area (Å²) in [4.78, 5) is 5.12. The van der Waals surface area contributed by atoms with E-state index in [4.69, 9.17) is 10.3 Å². The summed E-state index contributed by atoms with van der Waals surface area (Å²) in [5, 5.41) is 4.61. The van der Waals surface area contributed by atoms with E-state index in [2.05, 4.69) is 10.1 Å². The Morgan fingerprint density at radius 2 is 2.11 bits per heavy atom. The van der Waals surface area contributed by atoms with Crippen molar-refractivity contribution in [3.63, 3.8) is 0 Å². The molecule has 0 amide bonds. The van der Waals surface area contributed by atoms with Crippen LogP contribution >= 0.6 is 11.3 Å². The highest BCUT2D eigenvalue weighted by Crippen LogP contribution is 2.30. The van der Waals surface area contributed by atoms with Gasteiger partial charge in [0.05, 0.1) is 9.88 Å². The maximum atomic E-state index is 13.1. The van der Waals surface area contributed by atoms with Crippen LogP contribution in [0.5, 0.6) is 0 Å². The smallest absolute Gasteiger partial charge is 0.268 e. The van der Waals surface area contributed by atoms with Crippen LogP contribution in [0.1, 0.15) is 5.56 Å². The van der Waals surface area contributed by atoms with Crippen molar-refractivity contribution in [2.75, 3.05) is 5.73 Å². The number of nitrogens with zero attached hydrogens (tertiary/aromatic N) is 2. The number of hydrogen-bond donors (Lipinski definition) is 1. The standard InChI is InChI=1S/C13H10FN3OS/c1-7-6-8(14)2-3-9(7)12-16-13(18-17-12)10-4-5-11(15)19-10/h2-6H,15H2,1H3. The molecule has 4 nitrogen and oxygen atoms in total.